The summed E-state index contributed by atoms with van der Waals surface area (Å²) in [6, 6.07) is 3.92. The van der Waals surface area contributed by atoms with Gasteiger partial charge in [-0.1, -0.05) is 6.92 Å². The van der Waals surface area contributed by atoms with Crippen molar-refractivity contribution in [3.8, 4) is 6.07 Å². The second-order valence-corrected chi connectivity index (χ2v) is 5.72. The largest absolute Gasteiger partial charge is 0.371 e. The first kappa shape index (κ1) is 13.3. The maximum atomic E-state index is 9.10. The van der Waals surface area contributed by atoms with Crippen LogP contribution < -0.4 is 4.90 Å². The summed E-state index contributed by atoms with van der Waals surface area (Å²) in [7, 11) is 0. The number of aryl methyl sites for hydroxylation is 1. The average molecular weight is 272 g/mol. The van der Waals surface area contributed by atoms with Crippen LogP contribution in [0.4, 0.5) is 5.82 Å². The lowest BCUT2D eigenvalue weighted by atomic mass is 10.1. The first-order chi connectivity index (χ1) is 9.69. The first-order valence-electron chi connectivity index (χ1n) is 7.38. The number of nitriles is 1. The normalized spacial score (nSPS) is 26.4. The van der Waals surface area contributed by atoms with E-state index >= 15 is 0 Å². The fraction of sp³-hybridized carbons (Fsp3) is 0.667. The van der Waals surface area contributed by atoms with Crippen molar-refractivity contribution in [2.24, 2.45) is 5.92 Å². The van der Waals surface area contributed by atoms with E-state index in [4.69, 9.17) is 10.00 Å². The van der Waals surface area contributed by atoms with Crippen molar-refractivity contribution in [1.29, 1.82) is 5.26 Å². The smallest absolute Gasteiger partial charge is 0.146 e. The SMILES string of the molecule is CCc1nc(C#N)cc(N2C[C@@H](C)O[C@H](C3CC3)C2)n1. The van der Waals surface area contributed by atoms with Gasteiger partial charge in [0.2, 0.25) is 0 Å². The molecule has 1 aliphatic carbocycles. The molecule has 0 radical (unpaired) electrons. The number of morpholine rings is 1. The molecule has 3 rings (SSSR count). The third-order valence-electron chi connectivity index (χ3n) is 3.95. The van der Waals surface area contributed by atoms with Gasteiger partial charge in [-0.2, -0.15) is 5.26 Å². The Morgan fingerprint density at radius 1 is 1.40 bits per heavy atom. The lowest BCUT2D eigenvalue weighted by Crippen LogP contribution is -2.48. The van der Waals surface area contributed by atoms with Gasteiger partial charge < -0.3 is 9.64 Å². The summed E-state index contributed by atoms with van der Waals surface area (Å²) >= 11 is 0. The van der Waals surface area contributed by atoms with Gasteiger partial charge in [-0.3, -0.25) is 0 Å². The number of ether oxygens (including phenoxy) is 1. The maximum Gasteiger partial charge on any atom is 0.146 e. The first-order valence-corrected chi connectivity index (χ1v) is 7.38. The highest BCUT2D eigenvalue weighted by atomic mass is 16.5. The summed E-state index contributed by atoms with van der Waals surface area (Å²) < 4.78 is 6.02. The molecule has 1 aliphatic heterocycles. The van der Waals surface area contributed by atoms with Crippen LogP contribution in [0.15, 0.2) is 6.07 Å². The molecule has 2 heterocycles. The number of nitrogens with zero attached hydrogens (tertiary/aromatic N) is 4. The summed E-state index contributed by atoms with van der Waals surface area (Å²) in [6.45, 7) is 5.82. The van der Waals surface area contributed by atoms with E-state index in [2.05, 4.69) is 27.9 Å². The van der Waals surface area contributed by atoms with Crippen LogP contribution in [0, 0.1) is 17.2 Å². The zero-order valence-corrected chi connectivity index (χ0v) is 12.0. The fourth-order valence-corrected chi connectivity index (χ4v) is 2.76. The molecule has 1 saturated heterocycles. The Balaban J connectivity index is 1.85. The molecule has 1 aromatic rings. The Labute approximate surface area is 119 Å². The molecule has 1 aromatic heterocycles. The van der Waals surface area contributed by atoms with Crippen LogP contribution in [0.1, 0.15) is 38.2 Å². The predicted molar refractivity (Wildman–Crippen MR) is 75.4 cm³/mol. The number of anilines is 1. The van der Waals surface area contributed by atoms with Crippen LogP contribution in [-0.2, 0) is 11.2 Å². The van der Waals surface area contributed by atoms with E-state index in [9.17, 15) is 0 Å². The number of hydrogen-bond donors (Lipinski definition) is 0. The van der Waals surface area contributed by atoms with Gasteiger partial charge >= 0.3 is 0 Å². The Hall–Kier alpha value is -1.67. The van der Waals surface area contributed by atoms with Crippen molar-refractivity contribution in [2.75, 3.05) is 18.0 Å². The molecule has 20 heavy (non-hydrogen) atoms. The van der Waals surface area contributed by atoms with Crippen LogP contribution in [-0.4, -0.2) is 35.3 Å². The van der Waals surface area contributed by atoms with Gasteiger partial charge in [-0.05, 0) is 25.7 Å². The second kappa shape index (κ2) is 5.37. The highest BCUT2D eigenvalue weighted by molar-refractivity contribution is 5.44. The molecule has 2 fully saturated rings. The van der Waals surface area contributed by atoms with E-state index < -0.39 is 0 Å². The summed E-state index contributed by atoms with van der Waals surface area (Å²) in [5.74, 6) is 2.32. The van der Waals surface area contributed by atoms with Gasteiger partial charge in [0.05, 0.1) is 12.2 Å². The lowest BCUT2D eigenvalue weighted by Gasteiger charge is -2.37. The summed E-state index contributed by atoms with van der Waals surface area (Å²) in [5.41, 5.74) is 0.453. The van der Waals surface area contributed by atoms with E-state index in [1.54, 1.807) is 6.07 Å². The maximum absolute atomic E-state index is 9.10. The number of rotatable bonds is 3. The van der Waals surface area contributed by atoms with Gasteiger partial charge in [-0.25, -0.2) is 9.97 Å². The van der Waals surface area contributed by atoms with E-state index in [1.807, 2.05) is 6.92 Å². The molecule has 5 heteroatoms. The molecule has 106 valence electrons. The molecule has 0 N–H and O–H groups in total. The Bertz CT molecular complexity index is 535. The van der Waals surface area contributed by atoms with Crippen molar-refractivity contribution >= 4 is 5.82 Å². The molecule has 0 aromatic carbocycles. The second-order valence-electron chi connectivity index (χ2n) is 5.72. The van der Waals surface area contributed by atoms with Crippen molar-refractivity contribution in [1.82, 2.24) is 9.97 Å². The molecule has 5 nitrogen and oxygen atoms in total. The third-order valence-corrected chi connectivity index (χ3v) is 3.95. The zero-order chi connectivity index (χ0) is 14.1. The molecule has 0 spiro atoms. The molecule has 2 atom stereocenters. The van der Waals surface area contributed by atoms with E-state index in [-0.39, 0.29) is 6.10 Å². The quantitative estimate of drug-likeness (QED) is 0.841. The van der Waals surface area contributed by atoms with Gasteiger partial charge in [0.1, 0.15) is 23.4 Å². The molecule has 0 bridgehead atoms. The molecule has 0 amide bonds. The van der Waals surface area contributed by atoms with E-state index in [1.165, 1.54) is 12.8 Å². The molecular weight excluding hydrogens is 252 g/mol. The third kappa shape index (κ3) is 2.75. The Kier molecular flexibility index (Phi) is 3.58. The van der Waals surface area contributed by atoms with Crippen LogP contribution >= 0.6 is 0 Å². The average Bonchev–Trinajstić information content (AvgIpc) is 3.30. The Morgan fingerprint density at radius 2 is 2.20 bits per heavy atom. The van der Waals surface area contributed by atoms with Gasteiger partial charge in [0.25, 0.3) is 0 Å². The van der Waals surface area contributed by atoms with Crippen LogP contribution in [0.3, 0.4) is 0 Å². The van der Waals surface area contributed by atoms with Crippen molar-refractivity contribution in [2.45, 2.75) is 45.3 Å². The molecule has 1 saturated carbocycles. The highest BCUT2D eigenvalue weighted by Crippen LogP contribution is 2.37. The number of aromatic nitrogens is 2. The summed E-state index contributed by atoms with van der Waals surface area (Å²) in [6.07, 6.45) is 3.82. The topological polar surface area (TPSA) is 62.0 Å². The van der Waals surface area contributed by atoms with Gasteiger partial charge in [-0.15, -0.1) is 0 Å². The monoisotopic (exact) mass is 272 g/mol. The van der Waals surface area contributed by atoms with Gasteiger partial charge in [0.15, 0.2) is 0 Å². The molecule has 2 aliphatic rings. The summed E-state index contributed by atoms with van der Waals surface area (Å²) in [4.78, 5) is 11.0. The molecule has 0 unspecified atom stereocenters. The minimum Gasteiger partial charge on any atom is -0.371 e. The van der Waals surface area contributed by atoms with Crippen molar-refractivity contribution in [3.63, 3.8) is 0 Å². The number of hydrogen-bond acceptors (Lipinski definition) is 5. The highest BCUT2D eigenvalue weighted by Gasteiger charge is 2.37. The zero-order valence-electron chi connectivity index (χ0n) is 12.0. The van der Waals surface area contributed by atoms with E-state index in [0.717, 1.165) is 31.2 Å². The van der Waals surface area contributed by atoms with Crippen molar-refractivity contribution < 1.29 is 4.74 Å². The Morgan fingerprint density at radius 3 is 2.85 bits per heavy atom. The fourth-order valence-electron chi connectivity index (χ4n) is 2.76. The summed E-state index contributed by atoms with van der Waals surface area (Å²) in [5, 5.41) is 9.10. The van der Waals surface area contributed by atoms with Crippen LogP contribution in [0.2, 0.25) is 0 Å². The molecular formula is C15H20N4O. The standard InChI is InChI=1S/C15H20N4O/c1-3-14-17-12(7-16)6-15(18-14)19-8-10(2)20-13(9-19)11-4-5-11/h6,10-11,13H,3-5,8-9H2,1-2H3/t10-,13+/m1/s1. The predicted octanol–water partition coefficient (Wildman–Crippen LogP) is 1.91. The van der Waals surface area contributed by atoms with E-state index in [0.29, 0.717) is 17.7 Å². The minimum absolute atomic E-state index is 0.208. The van der Waals surface area contributed by atoms with Gasteiger partial charge in [0, 0.05) is 25.6 Å². The van der Waals surface area contributed by atoms with Crippen LogP contribution in [0.5, 0.6) is 0 Å². The van der Waals surface area contributed by atoms with Crippen molar-refractivity contribution in [3.05, 3.63) is 17.6 Å². The lowest BCUT2D eigenvalue weighted by molar-refractivity contribution is -0.0273. The van der Waals surface area contributed by atoms with Crippen LogP contribution in [0.25, 0.3) is 0 Å². The minimum atomic E-state index is 0.208.